The molecule has 1 saturated heterocycles. The van der Waals surface area contributed by atoms with E-state index >= 15 is 0 Å². The SMILES string of the molecule is O=C(O)C1CC(NCC2CCC2)CN(c2ccccc2)C1. The molecule has 1 aromatic rings. The third kappa shape index (κ3) is 3.56. The monoisotopic (exact) mass is 288 g/mol. The maximum absolute atomic E-state index is 11.4. The lowest BCUT2D eigenvalue weighted by Crippen LogP contribution is -2.52. The number of nitrogens with one attached hydrogen (secondary N) is 1. The van der Waals surface area contributed by atoms with Gasteiger partial charge < -0.3 is 15.3 Å². The minimum absolute atomic E-state index is 0.278. The number of aliphatic carboxylic acids is 1. The van der Waals surface area contributed by atoms with Crippen molar-refractivity contribution in [1.82, 2.24) is 5.32 Å². The molecule has 114 valence electrons. The molecule has 2 fully saturated rings. The second-order valence-corrected chi connectivity index (χ2v) is 6.41. The van der Waals surface area contributed by atoms with Crippen molar-refractivity contribution in [2.24, 2.45) is 11.8 Å². The zero-order valence-electron chi connectivity index (χ0n) is 12.4. The molecule has 2 aliphatic rings. The normalized spacial score (nSPS) is 26.4. The number of nitrogens with zero attached hydrogens (tertiary/aromatic N) is 1. The molecule has 4 heteroatoms. The van der Waals surface area contributed by atoms with Crippen LogP contribution < -0.4 is 10.2 Å². The number of piperidine rings is 1. The number of carboxylic acids is 1. The van der Waals surface area contributed by atoms with Crippen LogP contribution in [0.4, 0.5) is 5.69 Å². The molecule has 1 heterocycles. The van der Waals surface area contributed by atoms with Crippen LogP contribution in [0.25, 0.3) is 0 Å². The Hall–Kier alpha value is -1.55. The highest BCUT2D eigenvalue weighted by Crippen LogP contribution is 2.27. The number of rotatable bonds is 5. The van der Waals surface area contributed by atoms with Crippen molar-refractivity contribution < 1.29 is 9.90 Å². The van der Waals surface area contributed by atoms with Crippen LogP contribution in [0.3, 0.4) is 0 Å². The van der Waals surface area contributed by atoms with Crippen LogP contribution in [-0.4, -0.2) is 36.8 Å². The molecule has 0 bridgehead atoms. The van der Waals surface area contributed by atoms with Gasteiger partial charge in [-0.15, -0.1) is 0 Å². The van der Waals surface area contributed by atoms with E-state index in [2.05, 4.69) is 22.3 Å². The van der Waals surface area contributed by atoms with Crippen LogP contribution in [0.5, 0.6) is 0 Å². The Morgan fingerprint density at radius 1 is 1.24 bits per heavy atom. The summed E-state index contributed by atoms with van der Waals surface area (Å²) in [6, 6.07) is 10.4. The Bertz CT molecular complexity index is 473. The van der Waals surface area contributed by atoms with Gasteiger partial charge in [-0.3, -0.25) is 4.79 Å². The maximum Gasteiger partial charge on any atom is 0.308 e. The molecule has 2 N–H and O–H groups in total. The Morgan fingerprint density at radius 3 is 2.62 bits per heavy atom. The van der Waals surface area contributed by atoms with Crippen molar-refractivity contribution in [3.05, 3.63) is 30.3 Å². The lowest BCUT2D eigenvalue weighted by atomic mass is 9.85. The first kappa shape index (κ1) is 14.4. The van der Waals surface area contributed by atoms with Gasteiger partial charge in [-0.05, 0) is 43.9 Å². The minimum Gasteiger partial charge on any atom is -0.481 e. The summed E-state index contributed by atoms with van der Waals surface area (Å²) >= 11 is 0. The predicted octanol–water partition coefficient (Wildman–Crippen LogP) is 2.36. The number of carboxylic acid groups (broad SMARTS) is 1. The molecule has 1 aromatic carbocycles. The fourth-order valence-corrected chi connectivity index (χ4v) is 3.31. The number of para-hydroxylation sites is 1. The standard InChI is InChI=1S/C17H24N2O2/c20-17(21)14-9-15(18-10-13-5-4-6-13)12-19(11-14)16-7-2-1-3-8-16/h1-3,7-8,13-15,18H,4-6,9-12H2,(H,20,21). The molecule has 0 aromatic heterocycles. The Balaban J connectivity index is 1.64. The van der Waals surface area contributed by atoms with Crippen molar-refractivity contribution in [3.63, 3.8) is 0 Å². The second kappa shape index (κ2) is 6.48. The van der Waals surface area contributed by atoms with E-state index in [1.165, 1.54) is 19.3 Å². The van der Waals surface area contributed by atoms with Crippen molar-refractivity contribution in [2.45, 2.75) is 31.7 Å². The lowest BCUT2D eigenvalue weighted by Gasteiger charge is -2.39. The van der Waals surface area contributed by atoms with Gasteiger partial charge in [-0.1, -0.05) is 24.6 Å². The van der Waals surface area contributed by atoms with Crippen LogP contribution in [0, 0.1) is 11.8 Å². The highest BCUT2D eigenvalue weighted by Gasteiger charge is 2.32. The molecule has 3 rings (SSSR count). The molecular formula is C17H24N2O2. The van der Waals surface area contributed by atoms with Gasteiger partial charge in [0, 0.05) is 24.8 Å². The average molecular weight is 288 g/mol. The number of anilines is 1. The van der Waals surface area contributed by atoms with Gasteiger partial charge in [0.05, 0.1) is 5.92 Å². The van der Waals surface area contributed by atoms with Gasteiger partial charge >= 0.3 is 5.97 Å². The number of carbonyl (C=O) groups is 1. The Morgan fingerprint density at radius 2 is 2.00 bits per heavy atom. The number of hydrogen-bond acceptors (Lipinski definition) is 3. The van der Waals surface area contributed by atoms with Crippen molar-refractivity contribution in [1.29, 1.82) is 0 Å². The van der Waals surface area contributed by atoms with Gasteiger partial charge in [0.1, 0.15) is 0 Å². The molecule has 0 radical (unpaired) electrons. The zero-order valence-corrected chi connectivity index (χ0v) is 12.4. The topological polar surface area (TPSA) is 52.6 Å². The van der Waals surface area contributed by atoms with Crippen LogP contribution in [-0.2, 0) is 4.79 Å². The average Bonchev–Trinajstić information content (AvgIpc) is 2.46. The predicted molar refractivity (Wildman–Crippen MR) is 83.5 cm³/mol. The molecule has 4 nitrogen and oxygen atoms in total. The molecule has 2 atom stereocenters. The summed E-state index contributed by atoms with van der Waals surface area (Å²) in [5, 5.41) is 13.0. The quantitative estimate of drug-likeness (QED) is 0.873. The van der Waals surface area contributed by atoms with Crippen LogP contribution in [0.1, 0.15) is 25.7 Å². The van der Waals surface area contributed by atoms with E-state index in [9.17, 15) is 9.90 Å². The van der Waals surface area contributed by atoms with E-state index in [1.54, 1.807) is 0 Å². The number of benzene rings is 1. The highest BCUT2D eigenvalue weighted by atomic mass is 16.4. The highest BCUT2D eigenvalue weighted by molar-refractivity contribution is 5.71. The minimum atomic E-state index is -0.675. The molecule has 0 spiro atoms. The van der Waals surface area contributed by atoms with E-state index in [-0.39, 0.29) is 12.0 Å². The summed E-state index contributed by atoms with van der Waals surface area (Å²) < 4.78 is 0. The van der Waals surface area contributed by atoms with E-state index in [0.29, 0.717) is 6.54 Å². The molecule has 0 amide bonds. The summed E-state index contributed by atoms with van der Waals surface area (Å²) in [6.45, 7) is 2.56. The smallest absolute Gasteiger partial charge is 0.308 e. The van der Waals surface area contributed by atoms with Gasteiger partial charge in [0.15, 0.2) is 0 Å². The molecular weight excluding hydrogens is 264 g/mol. The fourth-order valence-electron chi connectivity index (χ4n) is 3.31. The van der Waals surface area contributed by atoms with Crippen molar-refractivity contribution >= 4 is 11.7 Å². The Labute approximate surface area is 126 Å². The molecule has 1 aliphatic carbocycles. The molecule has 2 unspecified atom stereocenters. The molecule has 1 saturated carbocycles. The Kier molecular flexibility index (Phi) is 4.44. The summed E-state index contributed by atoms with van der Waals surface area (Å²) in [4.78, 5) is 13.6. The first-order valence-corrected chi connectivity index (χ1v) is 7.98. The zero-order chi connectivity index (χ0) is 14.7. The largest absolute Gasteiger partial charge is 0.481 e. The molecule has 1 aliphatic heterocycles. The first-order valence-electron chi connectivity index (χ1n) is 7.98. The summed E-state index contributed by atoms with van der Waals surface area (Å²) in [5.74, 6) is -0.149. The lowest BCUT2D eigenvalue weighted by molar-refractivity contribution is -0.142. The maximum atomic E-state index is 11.4. The summed E-state index contributed by atoms with van der Waals surface area (Å²) in [5.41, 5.74) is 1.12. The third-order valence-electron chi connectivity index (χ3n) is 4.84. The molecule has 21 heavy (non-hydrogen) atoms. The van der Waals surface area contributed by atoms with E-state index < -0.39 is 5.97 Å². The second-order valence-electron chi connectivity index (χ2n) is 6.41. The van der Waals surface area contributed by atoms with Gasteiger partial charge in [-0.25, -0.2) is 0 Å². The summed E-state index contributed by atoms with van der Waals surface area (Å²) in [6.07, 6.45) is 4.74. The van der Waals surface area contributed by atoms with E-state index in [0.717, 1.165) is 31.1 Å². The number of hydrogen-bond donors (Lipinski definition) is 2. The van der Waals surface area contributed by atoms with Gasteiger partial charge in [0.25, 0.3) is 0 Å². The fraction of sp³-hybridized carbons (Fsp3) is 0.588. The first-order chi connectivity index (χ1) is 10.2. The van der Waals surface area contributed by atoms with Crippen LogP contribution in [0.15, 0.2) is 30.3 Å². The van der Waals surface area contributed by atoms with Crippen molar-refractivity contribution in [3.8, 4) is 0 Å². The van der Waals surface area contributed by atoms with E-state index in [1.807, 2.05) is 18.2 Å². The van der Waals surface area contributed by atoms with Crippen molar-refractivity contribution in [2.75, 3.05) is 24.5 Å². The third-order valence-corrected chi connectivity index (χ3v) is 4.84. The van der Waals surface area contributed by atoms with Crippen LogP contribution >= 0.6 is 0 Å². The van der Waals surface area contributed by atoms with Gasteiger partial charge in [0.2, 0.25) is 0 Å². The van der Waals surface area contributed by atoms with Gasteiger partial charge in [-0.2, -0.15) is 0 Å². The van der Waals surface area contributed by atoms with Crippen LogP contribution in [0.2, 0.25) is 0 Å². The van der Waals surface area contributed by atoms with E-state index in [4.69, 9.17) is 0 Å². The summed E-state index contributed by atoms with van der Waals surface area (Å²) in [7, 11) is 0.